The highest BCUT2D eigenvalue weighted by Gasteiger charge is 2.06. The molecule has 0 amide bonds. The summed E-state index contributed by atoms with van der Waals surface area (Å²) < 4.78 is 0. The van der Waals surface area contributed by atoms with Crippen LogP contribution < -0.4 is 5.01 Å². The molecule has 0 aliphatic carbocycles. The predicted octanol–water partition coefficient (Wildman–Crippen LogP) is 4.14. The number of nitrogens with zero attached hydrogens (tertiary/aromatic N) is 2. The SMILES string of the molecule is Oc1ccc(/C=N/N(Cc2ccccc2)c2ccccc2)c(O)c1. The van der Waals surface area contributed by atoms with Crippen molar-refractivity contribution in [2.45, 2.75) is 6.54 Å². The fourth-order valence-corrected chi connectivity index (χ4v) is 2.33. The van der Waals surface area contributed by atoms with Crippen LogP contribution in [0.15, 0.2) is 84.0 Å². The van der Waals surface area contributed by atoms with Crippen LogP contribution in [0.3, 0.4) is 0 Å². The molecule has 4 heteroatoms. The second-order valence-corrected chi connectivity index (χ2v) is 5.37. The average molecular weight is 318 g/mol. The number of phenolic OH excluding ortho intramolecular Hbond substituents is 2. The summed E-state index contributed by atoms with van der Waals surface area (Å²) >= 11 is 0. The minimum absolute atomic E-state index is 0.00790. The van der Waals surface area contributed by atoms with E-state index < -0.39 is 0 Å². The van der Waals surface area contributed by atoms with E-state index >= 15 is 0 Å². The molecular weight excluding hydrogens is 300 g/mol. The van der Waals surface area contributed by atoms with Gasteiger partial charge in [0, 0.05) is 11.6 Å². The second kappa shape index (κ2) is 7.33. The number of anilines is 1. The first kappa shape index (κ1) is 15.6. The molecule has 0 heterocycles. The first-order valence-corrected chi connectivity index (χ1v) is 7.65. The number of hydrogen-bond donors (Lipinski definition) is 2. The molecule has 0 bridgehead atoms. The van der Waals surface area contributed by atoms with Crippen molar-refractivity contribution >= 4 is 11.9 Å². The highest BCUT2D eigenvalue weighted by Crippen LogP contribution is 2.22. The molecule has 0 atom stereocenters. The van der Waals surface area contributed by atoms with Crippen molar-refractivity contribution in [3.8, 4) is 11.5 Å². The van der Waals surface area contributed by atoms with E-state index in [0.717, 1.165) is 11.3 Å². The van der Waals surface area contributed by atoms with Crippen LogP contribution in [0.4, 0.5) is 5.69 Å². The summed E-state index contributed by atoms with van der Waals surface area (Å²) in [5.74, 6) is 0.0142. The highest BCUT2D eigenvalue weighted by atomic mass is 16.3. The molecule has 3 rings (SSSR count). The van der Waals surface area contributed by atoms with E-state index in [1.807, 2.05) is 65.7 Å². The van der Waals surface area contributed by atoms with Gasteiger partial charge in [-0.2, -0.15) is 5.10 Å². The minimum atomic E-state index is -0.00790. The normalized spacial score (nSPS) is 10.8. The molecule has 0 aromatic heterocycles. The van der Waals surface area contributed by atoms with Gasteiger partial charge in [-0.05, 0) is 29.8 Å². The maximum atomic E-state index is 9.89. The summed E-state index contributed by atoms with van der Waals surface area (Å²) in [5, 5.41) is 25.6. The zero-order chi connectivity index (χ0) is 16.8. The Hall–Kier alpha value is -3.27. The smallest absolute Gasteiger partial charge is 0.128 e. The Morgan fingerprint density at radius 3 is 2.17 bits per heavy atom. The van der Waals surface area contributed by atoms with E-state index in [-0.39, 0.29) is 11.5 Å². The maximum absolute atomic E-state index is 9.89. The van der Waals surface area contributed by atoms with Crippen LogP contribution in [0.2, 0.25) is 0 Å². The molecule has 120 valence electrons. The van der Waals surface area contributed by atoms with Crippen molar-refractivity contribution in [1.29, 1.82) is 0 Å². The zero-order valence-electron chi connectivity index (χ0n) is 13.1. The first-order valence-electron chi connectivity index (χ1n) is 7.65. The molecule has 24 heavy (non-hydrogen) atoms. The summed E-state index contributed by atoms with van der Waals surface area (Å²) in [5.41, 5.74) is 2.63. The first-order chi connectivity index (χ1) is 11.7. The van der Waals surface area contributed by atoms with Gasteiger partial charge in [-0.1, -0.05) is 48.5 Å². The Morgan fingerprint density at radius 2 is 1.50 bits per heavy atom. The van der Waals surface area contributed by atoms with Gasteiger partial charge in [-0.3, -0.25) is 5.01 Å². The third kappa shape index (κ3) is 3.93. The van der Waals surface area contributed by atoms with Crippen molar-refractivity contribution < 1.29 is 10.2 Å². The van der Waals surface area contributed by atoms with Crippen molar-refractivity contribution in [1.82, 2.24) is 0 Å². The van der Waals surface area contributed by atoms with E-state index in [0.29, 0.717) is 12.1 Å². The molecule has 2 N–H and O–H groups in total. The van der Waals surface area contributed by atoms with Gasteiger partial charge in [-0.25, -0.2) is 0 Å². The third-order valence-corrected chi connectivity index (χ3v) is 3.58. The highest BCUT2D eigenvalue weighted by molar-refractivity contribution is 5.84. The standard InChI is InChI=1S/C20H18N2O2/c23-19-12-11-17(20(24)13-19)14-21-22(18-9-5-2-6-10-18)15-16-7-3-1-4-8-16/h1-14,23-24H,15H2/b21-14+. The van der Waals surface area contributed by atoms with Gasteiger partial charge < -0.3 is 10.2 Å². The lowest BCUT2D eigenvalue weighted by Gasteiger charge is -2.19. The van der Waals surface area contributed by atoms with E-state index in [4.69, 9.17) is 0 Å². The number of hydrogen-bond acceptors (Lipinski definition) is 4. The maximum Gasteiger partial charge on any atom is 0.128 e. The average Bonchev–Trinajstić information content (AvgIpc) is 2.61. The van der Waals surface area contributed by atoms with Gasteiger partial charge in [0.25, 0.3) is 0 Å². The zero-order valence-corrected chi connectivity index (χ0v) is 13.1. The number of benzene rings is 3. The van der Waals surface area contributed by atoms with Gasteiger partial charge >= 0.3 is 0 Å². The van der Waals surface area contributed by atoms with Gasteiger partial charge in [0.2, 0.25) is 0 Å². The van der Waals surface area contributed by atoms with Crippen LogP contribution in [0, 0.1) is 0 Å². The monoisotopic (exact) mass is 318 g/mol. The lowest BCUT2D eigenvalue weighted by atomic mass is 10.2. The minimum Gasteiger partial charge on any atom is -0.508 e. The molecule has 4 nitrogen and oxygen atoms in total. The molecule has 3 aromatic rings. The van der Waals surface area contributed by atoms with Gasteiger partial charge in [-0.15, -0.1) is 0 Å². The fraction of sp³-hybridized carbons (Fsp3) is 0.0500. The van der Waals surface area contributed by atoms with E-state index in [2.05, 4.69) is 5.10 Å². The van der Waals surface area contributed by atoms with Gasteiger partial charge in [0.15, 0.2) is 0 Å². The van der Waals surface area contributed by atoms with Crippen molar-refractivity contribution in [2.24, 2.45) is 5.10 Å². The molecule has 0 saturated carbocycles. The Labute approximate surface area is 140 Å². The van der Waals surface area contributed by atoms with Crippen LogP contribution >= 0.6 is 0 Å². The topological polar surface area (TPSA) is 56.1 Å². The van der Waals surface area contributed by atoms with Crippen LogP contribution in [0.1, 0.15) is 11.1 Å². The lowest BCUT2D eigenvalue weighted by Crippen LogP contribution is -2.16. The predicted molar refractivity (Wildman–Crippen MR) is 96.4 cm³/mol. The Balaban J connectivity index is 1.88. The Morgan fingerprint density at radius 1 is 0.833 bits per heavy atom. The summed E-state index contributed by atoms with van der Waals surface area (Å²) in [6, 6.07) is 24.3. The van der Waals surface area contributed by atoms with E-state index in [1.54, 1.807) is 12.3 Å². The number of phenols is 2. The van der Waals surface area contributed by atoms with Crippen molar-refractivity contribution in [2.75, 3.05) is 5.01 Å². The molecule has 0 radical (unpaired) electrons. The van der Waals surface area contributed by atoms with Crippen LogP contribution in [0.5, 0.6) is 11.5 Å². The molecule has 0 fully saturated rings. The largest absolute Gasteiger partial charge is 0.508 e. The van der Waals surface area contributed by atoms with Crippen molar-refractivity contribution in [3.05, 3.63) is 90.0 Å². The summed E-state index contributed by atoms with van der Waals surface area (Å²) in [6.07, 6.45) is 1.59. The Kier molecular flexibility index (Phi) is 4.77. The Bertz CT molecular complexity index is 818. The molecule has 3 aromatic carbocycles. The molecule has 0 aliphatic rings. The van der Waals surface area contributed by atoms with Crippen molar-refractivity contribution in [3.63, 3.8) is 0 Å². The quantitative estimate of drug-likeness (QED) is 0.549. The third-order valence-electron chi connectivity index (χ3n) is 3.58. The summed E-state index contributed by atoms with van der Waals surface area (Å²) in [6.45, 7) is 0.611. The van der Waals surface area contributed by atoms with Gasteiger partial charge in [0.1, 0.15) is 11.5 Å². The fourth-order valence-electron chi connectivity index (χ4n) is 2.33. The summed E-state index contributed by atoms with van der Waals surface area (Å²) in [7, 11) is 0. The van der Waals surface area contributed by atoms with E-state index in [9.17, 15) is 10.2 Å². The number of rotatable bonds is 5. The molecule has 0 saturated heterocycles. The lowest BCUT2D eigenvalue weighted by molar-refractivity contribution is 0.450. The number of aromatic hydroxyl groups is 2. The molecular formula is C20H18N2O2. The number of para-hydroxylation sites is 1. The summed E-state index contributed by atoms with van der Waals surface area (Å²) in [4.78, 5) is 0. The second-order valence-electron chi connectivity index (χ2n) is 5.37. The van der Waals surface area contributed by atoms with Crippen LogP contribution in [-0.4, -0.2) is 16.4 Å². The molecule has 0 aliphatic heterocycles. The van der Waals surface area contributed by atoms with Crippen LogP contribution in [0.25, 0.3) is 0 Å². The van der Waals surface area contributed by atoms with Gasteiger partial charge in [0.05, 0.1) is 18.4 Å². The molecule has 0 spiro atoms. The number of hydrazone groups is 1. The van der Waals surface area contributed by atoms with E-state index in [1.165, 1.54) is 12.1 Å². The molecule has 0 unspecified atom stereocenters. The van der Waals surface area contributed by atoms with Crippen LogP contribution in [-0.2, 0) is 6.54 Å².